The Bertz CT molecular complexity index is 1490. The second-order valence-corrected chi connectivity index (χ2v) is 9.40. The van der Waals surface area contributed by atoms with Gasteiger partial charge < -0.3 is 9.47 Å². The third-order valence-corrected chi connectivity index (χ3v) is 7.57. The molecule has 0 bridgehead atoms. The maximum atomic E-state index is 13.9. The van der Waals surface area contributed by atoms with Gasteiger partial charge in [-0.1, -0.05) is 54.6 Å². The summed E-state index contributed by atoms with van der Waals surface area (Å²) in [5.41, 5.74) is 3.94. The lowest BCUT2D eigenvalue weighted by Gasteiger charge is -2.36. The van der Waals surface area contributed by atoms with Crippen LogP contribution in [0.4, 0.5) is 0 Å². The van der Waals surface area contributed by atoms with Crippen molar-refractivity contribution in [2.75, 3.05) is 6.54 Å². The molecular weight excluding hydrogens is 428 g/mol. The van der Waals surface area contributed by atoms with E-state index in [1.165, 1.54) is 10.4 Å². The molecule has 33 heavy (non-hydrogen) atoms. The Morgan fingerprint density at radius 3 is 2.18 bits per heavy atom. The van der Waals surface area contributed by atoms with Gasteiger partial charge in [-0.25, -0.2) is 0 Å². The van der Waals surface area contributed by atoms with Crippen LogP contribution in [0.3, 0.4) is 0 Å². The lowest BCUT2D eigenvalue weighted by atomic mass is 9.93. The zero-order chi connectivity index (χ0) is 22.4. The molecule has 6 rings (SSSR count). The molecule has 0 fully saturated rings. The summed E-state index contributed by atoms with van der Waals surface area (Å²) in [5.74, 6) is 0.0552. The second-order valence-electron chi connectivity index (χ2n) is 8.40. The molecule has 0 radical (unpaired) electrons. The van der Waals surface area contributed by atoms with Crippen molar-refractivity contribution >= 4 is 39.0 Å². The summed E-state index contributed by atoms with van der Waals surface area (Å²) >= 11 is 1.77. The van der Waals surface area contributed by atoms with Crippen LogP contribution in [0.2, 0.25) is 0 Å². The van der Waals surface area contributed by atoms with E-state index in [2.05, 4.69) is 23.6 Å². The lowest BCUT2D eigenvalue weighted by Crippen LogP contribution is -2.41. The number of para-hydroxylation sites is 2. The number of fused-ring (bicyclic) bond motifs is 3. The molecule has 0 spiro atoms. The van der Waals surface area contributed by atoms with Crippen LogP contribution in [0.1, 0.15) is 22.0 Å². The van der Waals surface area contributed by atoms with Gasteiger partial charge in [-0.2, -0.15) is 0 Å². The van der Waals surface area contributed by atoms with Gasteiger partial charge in [-0.15, -0.1) is 11.3 Å². The number of carbonyl (C=O) groups is 1. The van der Waals surface area contributed by atoms with Gasteiger partial charge in [0, 0.05) is 22.2 Å². The summed E-state index contributed by atoms with van der Waals surface area (Å²) in [5, 5.41) is 3.40. The fraction of sp³-hybridized carbons (Fsp3) is 0.143. The van der Waals surface area contributed by atoms with E-state index in [-0.39, 0.29) is 23.9 Å². The zero-order valence-corrected chi connectivity index (χ0v) is 18.8. The van der Waals surface area contributed by atoms with Gasteiger partial charge in [0.25, 0.3) is 0 Å². The van der Waals surface area contributed by atoms with E-state index in [9.17, 15) is 9.59 Å². The third kappa shape index (κ3) is 3.28. The van der Waals surface area contributed by atoms with E-state index >= 15 is 0 Å². The third-order valence-electron chi connectivity index (χ3n) is 6.57. The summed E-state index contributed by atoms with van der Waals surface area (Å²) < 4.78 is 2.00. The van der Waals surface area contributed by atoms with Crippen molar-refractivity contribution in [2.45, 2.75) is 19.0 Å². The molecule has 0 saturated heterocycles. The van der Waals surface area contributed by atoms with E-state index < -0.39 is 0 Å². The van der Waals surface area contributed by atoms with E-state index in [0.29, 0.717) is 17.3 Å². The van der Waals surface area contributed by atoms with Crippen molar-refractivity contribution in [3.63, 3.8) is 0 Å². The quantitative estimate of drug-likeness (QED) is 0.346. The first-order chi connectivity index (χ1) is 16.2. The monoisotopic (exact) mass is 450 g/mol. The minimum atomic E-state index is -0.0920. The largest absolute Gasteiger partial charge is 0.331 e. The minimum Gasteiger partial charge on any atom is -0.331 e. The van der Waals surface area contributed by atoms with Crippen LogP contribution in [-0.2, 0) is 17.8 Å². The SMILES string of the molecule is O=C(Cn1c2ccccc2c(=O)c2ccccc21)N1CCc2sccc2C1c1ccccc1. The summed E-state index contributed by atoms with van der Waals surface area (Å²) in [7, 11) is 0. The Kier molecular flexibility index (Phi) is 4.84. The predicted octanol–water partition coefficient (Wildman–Crippen LogP) is 5.39. The van der Waals surface area contributed by atoms with Crippen LogP contribution >= 0.6 is 11.3 Å². The van der Waals surface area contributed by atoms with E-state index in [1.54, 1.807) is 11.3 Å². The molecule has 0 N–H and O–H groups in total. The molecule has 1 aliphatic heterocycles. The van der Waals surface area contributed by atoms with Gasteiger partial charge in [0.2, 0.25) is 5.91 Å². The number of amides is 1. The maximum Gasteiger partial charge on any atom is 0.243 e. The Balaban J connectivity index is 1.47. The van der Waals surface area contributed by atoms with Crippen molar-refractivity contribution in [2.24, 2.45) is 0 Å². The molecule has 1 unspecified atom stereocenters. The van der Waals surface area contributed by atoms with Gasteiger partial charge in [-0.05, 0) is 53.3 Å². The smallest absolute Gasteiger partial charge is 0.243 e. The number of hydrogen-bond acceptors (Lipinski definition) is 3. The topological polar surface area (TPSA) is 42.3 Å². The van der Waals surface area contributed by atoms with Crippen LogP contribution in [0.25, 0.3) is 21.8 Å². The average molecular weight is 451 g/mol. The van der Waals surface area contributed by atoms with Crippen molar-refractivity contribution in [3.8, 4) is 0 Å². The highest BCUT2D eigenvalue weighted by atomic mass is 32.1. The van der Waals surface area contributed by atoms with E-state index in [0.717, 1.165) is 23.0 Å². The summed E-state index contributed by atoms with van der Waals surface area (Å²) in [6.45, 7) is 0.867. The second kappa shape index (κ2) is 8.01. The number of thiophene rings is 1. The molecule has 1 amide bonds. The van der Waals surface area contributed by atoms with Crippen molar-refractivity contribution in [3.05, 3.63) is 117 Å². The molecule has 2 aromatic heterocycles. The molecule has 1 atom stereocenters. The van der Waals surface area contributed by atoms with Crippen molar-refractivity contribution < 1.29 is 4.79 Å². The fourth-order valence-electron chi connectivity index (χ4n) is 5.05. The highest BCUT2D eigenvalue weighted by molar-refractivity contribution is 7.10. The molecule has 3 aromatic carbocycles. The Labute approximate surface area is 195 Å². The maximum absolute atomic E-state index is 13.9. The molecule has 0 aliphatic carbocycles. The first kappa shape index (κ1) is 19.9. The first-order valence-corrected chi connectivity index (χ1v) is 12.0. The number of hydrogen-bond donors (Lipinski definition) is 0. The number of nitrogens with zero attached hydrogens (tertiary/aromatic N) is 2. The number of pyridine rings is 1. The van der Waals surface area contributed by atoms with Crippen molar-refractivity contribution in [1.82, 2.24) is 9.47 Å². The van der Waals surface area contributed by atoms with Gasteiger partial charge >= 0.3 is 0 Å². The molecule has 5 aromatic rings. The van der Waals surface area contributed by atoms with Crippen LogP contribution in [-0.4, -0.2) is 21.9 Å². The first-order valence-electron chi connectivity index (χ1n) is 11.1. The van der Waals surface area contributed by atoms with Gasteiger partial charge in [0.15, 0.2) is 5.43 Å². The average Bonchev–Trinajstić information content (AvgIpc) is 3.35. The van der Waals surface area contributed by atoms with Crippen LogP contribution in [0, 0.1) is 0 Å². The molecule has 3 heterocycles. The number of rotatable bonds is 3. The Morgan fingerprint density at radius 1 is 0.848 bits per heavy atom. The standard InChI is InChI=1S/C28H22N2O2S/c31-26(29-16-14-25-22(15-17-33-25)27(29)19-8-2-1-3-9-19)18-30-23-12-6-4-10-20(23)28(32)21-11-5-7-13-24(21)30/h1-13,15,17,27H,14,16,18H2. The van der Waals surface area contributed by atoms with Gasteiger partial charge in [0.1, 0.15) is 6.54 Å². The van der Waals surface area contributed by atoms with Crippen LogP contribution in [0.15, 0.2) is 95.1 Å². The molecular formula is C28H22N2O2S. The molecule has 0 saturated carbocycles. The van der Waals surface area contributed by atoms with Crippen LogP contribution in [0.5, 0.6) is 0 Å². The van der Waals surface area contributed by atoms with Crippen LogP contribution < -0.4 is 5.43 Å². The van der Waals surface area contributed by atoms with Gasteiger partial charge in [-0.3, -0.25) is 9.59 Å². The van der Waals surface area contributed by atoms with Crippen molar-refractivity contribution in [1.29, 1.82) is 0 Å². The fourth-order valence-corrected chi connectivity index (χ4v) is 5.96. The highest BCUT2D eigenvalue weighted by Gasteiger charge is 2.33. The number of aromatic nitrogens is 1. The summed E-state index contributed by atoms with van der Waals surface area (Å²) in [4.78, 5) is 30.3. The number of benzene rings is 3. The summed E-state index contributed by atoms with van der Waals surface area (Å²) in [6.07, 6.45) is 0.869. The normalized spacial score (nSPS) is 15.6. The molecule has 4 nitrogen and oxygen atoms in total. The van der Waals surface area contributed by atoms with E-state index in [1.807, 2.05) is 76.2 Å². The lowest BCUT2D eigenvalue weighted by molar-refractivity contribution is -0.133. The number of carbonyl (C=O) groups excluding carboxylic acids is 1. The van der Waals surface area contributed by atoms with Gasteiger partial charge in [0.05, 0.1) is 17.1 Å². The highest BCUT2D eigenvalue weighted by Crippen LogP contribution is 2.38. The molecule has 162 valence electrons. The summed E-state index contributed by atoms with van der Waals surface area (Å²) in [6, 6.07) is 27.5. The minimum absolute atomic E-state index is 0.00736. The molecule has 1 aliphatic rings. The van der Waals surface area contributed by atoms with E-state index in [4.69, 9.17) is 0 Å². The Morgan fingerprint density at radius 2 is 1.48 bits per heavy atom. The molecule has 5 heteroatoms. The zero-order valence-electron chi connectivity index (χ0n) is 18.0. The Hall–Kier alpha value is -3.70. The predicted molar refractivity (Wildman–Crippen MR) is 134 cm³/mol.